The van der Waals surface area contributed by atoms with E-state index in [4.69, 9.17) is 16.3 Å². The zero-order chi connectivity index (χ0) is 23.3. The van der Waals surface area contributed by atoms with Gasteiger partial charge in [0.05, 0.1) is 25.5 Å². The van der Waals surface area contributed by atoms with Gasteiger partial charge in [-0.05, 0) is 31.5 Å². The number of pyridine rings is 1. The fraction of sp³-hybridized carbons (Fsp3) is 0.286. The number of aromatic nitrogens is 3. The molecule has 1 aliphatic heterocycles. The van der Waals surface area contributed by atoms with Crippen molar-refractivity contribution >= 4 is 17.6 Å². The van der Waals surface area contributed by atoms with E-state index in [2.05, 4.69) is 5.10 Å². The van der Waals surface area contributed by atoms with Crippen LogP contribution >= 0.6 is 11.6 Å². The van der Waals surface area contributed by atoms with Crippen molar-refractivity contribution in [3.8, 4) is 28.1 Å². The number of carboxylic acids is 1. The Kier molecular flexibility index (Phi) is 5.41. The molecule has 0 radical (unpaired) electrons. The van der Waals surface area contributed by atoms with Crippen molar-refractivity contribution in [1.82, 2.24) is 14.5 Å². The Balaban J connectivity index is 1.99. The van der Waals surface area contributed by atoms with Gasteiger partial charge in [-0.2, -0.15) is 13.9 Å². The highest BCUT2D eigenvalue weighted by atomic mass is 35.5. The van der Waals surface area contributed by atoms with Crippen molar-refractivity contribution in [3.63, 3.8) is 0 Å². The number of fused-ring (bicyclic) bond motifs is 3. The lowest BCUT2D eigenvalue weighted by Crippen LogP contribution is -2.44. The van der Waals surface area contributed by atoms with Crippen molar-refractivity contribution in [2.24, 2.45) is 0 Å². The molecule has 11 heteroatoms. The second kappa shape index (κ2) is 7.94. The number of hydrogen-bond donors (Lipinski definition) is 1. The normalized spacial score (nSPS) is 12.8. The Morgan fingerprint density at radius 3 is 2.53 bits per heavy atom. The van der Waals surface area contributed by atoms with Crippen LogP contribution in [0.15, 0.2) is 35.5 Å². The topological polar surface area (TPSA) is 89.6 Å². The van der Waals surface area contributed by atoms with Crippen LogP contribution in [0.4, 0.5) is 8.78 Å². The summed E-state index contributed by atoms with van der Waals surface area (Å²) in [5.74, 6) is -1.00. The number of rotatable bonds is 5. The van der Waals surface area contributed by atoms with Gasteiger partial charge in [0.15, 0.2) is 0 Å². The van der Waals surface area contributed by atoms with E-state index in [9.17, 15) is 23.5 Å². The fourth-order valence-electron chi connectivity index (χ4n) is 3.80. The molecule has 0 spiro atoms. The molecule has 0 unspecified atom stereocenters. The van der Waals surface area contributed by atoms with Crippen molar-refractivity contribution in [2.75, 3.05) is 12.1 Å². The highest BCUT2D eigenvalue weighted by Gasteiger charge is 2.30. The number of halogens is 3. The van der Waals surface area contributed by atoms with Crippen LogP contribution in [0.5, 0.6) is 5.75 Å². The summed E-state index contributed by atoms with van der Waals surface area (Å²) in [4.78, 5) is 24.2. The van der Waals surface area contributed by atoms with E-state index in [1.54, 1.807) is 16.8 Å². The van der Waals surface area contributed by atoms with E-state index >= 15 is 0 Å². The molecule has 32 heavy (non-hydrogen) atoms. The lowest BCUT2D eigenvalue weighted by atomic mass is 9.95. The van der Waals surface area contributed by atoms with E-state index in [0.29, 0.717) is 39.4 Å². The second-order valence-electron chi connectivity index (χ2n) is 7.57. The summed E-state index contributed by atoms with van der Waals surface area (Å²) in [5.41, 5.74) is 1.46. The van der Waals surface area contributed by atoms with Gasteiger partial charge in [-0.1, -0.05) is 11.6 Å². The lowest BCUT2D eigenvalue weighted by Gasteiger charge is -2.38. The van der Waals surface area contributed by atoms with Crippen LogP contribution in [0.1, 0.15) is 36.3 Å². The monoisotopic (exact) mass is 464 g/mol. The molecule has 1 aliphatic rings. The number of methoxy groups -OCH3 is 1. The minimum Gasteiger partial charge on any atom is -0.496 e. The molecule has 0 saturated carbocycles. The maximum Gasteiger partial charge on any atom is 0.341 e. The molecule has 0 saturated heterocycles. The molecule has 0 bridgehead atoms. The molecule has 4 rings (SSSR count). The first-order valence-corrected chi connectivity index (χ1v) is 10.0. The van der Waals surface area contributed by atoms with Gasteiger partial charge in [-0.15, -0.1) is 0 Å². The quantitative estimate of drug-likeness (QED) is 0.614. The van der Waals surface area contributed by atoms with Gasteiger partial charge >= 0.3 is 12.5 Å². The molecular formula is C21H19ClF2N4O4. The van der Waals surface area contributed by atoms with E-state index < -0.39 is 23.5 Å². The average molecular weight is 465 g/mol. The number of ether oxygens (including phenoxy) is 1. The first kappa shape index (κ1) is 21.8. The Labute approximate surface area is 186 Å². The number of alkyl halides is 2. The van der Waals surface area contributed by atoms with Crippen LogP contribution < -0.4 is 15.2 Å². The lowest BCUT2D eigenvalue weighted by molar-refractivity contribution is 0.0566. The van der Waals surface area contributed by atoms with Crippen LogP contribution in [0.3, 0.4) is 0 Å². The Hall–Kier alpha value is -3.40. The average Bonchev–Trinajstić information content (AvgIpc) is 3.24. The summed E-state index contributed by atoms with van der Waals surface area (Å²) in [6.07, 6.45) is 3.81. The predicted molar refractivity (Wildman–Crippen MR) is 114 cm³/mol. The first-order chi connectivity index (χ1) is 15.1. The largest absolute Gasteiger partial charge is 0.496 e. The number of hydrogen-bond acceptors (Lipinski definition) is 5. The summed E-state index contributed by atoms with van der Waals surface area (Å²) >= 11 is 6.39. The van der Waals surface area contributed by atoms with Crippen molar-refractivity contribution in [3.05, 3.63) is 57.1 Å². The predicted octanol–water partition coefficient (Wildman–Crippen LogP) is 3.99. The van der Waals surface area contributed by atoms with E-state index in [-0.39, 0.29) is 11.1 Å². The highest BCUT2D eigenvalue weighted by molar-refractivity contribution is 6.33. The van der Waals surface area contributed by atoms with Gasteiger partial charge in [0.2, 0.25) is 5.43 Å². The van der Waals surface area contributed by atoms with Crippen molar-refractivity contribution in [2.45, 2.75) is 33.0 Å². The van der Waals surface area contributed by atoms with Crippen LogP contribution in [-0.4, -0.2) is 38.7 Å². The summed E-state index contributed by atoms with van der Waals surface area (Å²) in [7, 11) is 1.44. The van der Waals surface area contributed by atoms with Gasteiger partial charge in [0, 0.05) is 35.1 Å². The molecular weight excluding hydrogens is 446 g/mol. The highest BCUT2D eigenvalue weighted by Crippen LogP contribution is 2.41. The molecule has 0 fully saturated rings. The van der Waals surface area contributed by atoms with Gasteiger partial charge < -0.3 is 14.9 Å². The smallest absolute Gasteiger partial charge is 0.341 e. The van der Waals surface area contributed by atoms with Gasteiger partial charge in [0.25, 0.3) is 0 Å². The number of aromatic carboxylic acids is 1. The summed E-state index contributed by atoms with van der Waals surface area (Å²) in [6.45, 7) is 1.42. The molecule has 1 N–H and O–H groups in total. The molecule has 168 valence electrons. The standard InChI is InChI=1S/C21H19ClF2N4O4/c1-10(2)27-8-11-4-13(12-6-25-26(7-12)21(23)24)16(32-3)5-14(11)18-17(22)19(29)15(20(30)31)9-28(18)27/h4-7,9-10,21H,8H2,1-3H3,(H,30,31). The summed E-state index contributed by atoms with van der Waals surface area (Å²) < 4.78 is 33.6. The SMILES string of the molecule is COc1cc2c(cc1-c1cnn(C(F)F)c1)CN(C(C)C)n1cc(C(=O)O)c(=O)c(Cl)c1-2. The molecule has 1 aromatic carbocycles. The van der Waals surface area contributed by atoms with E-state index in [1.807, 2.05) is 18.9 Å². The fourth-order valence-corrected chi connectivity index (χ4v) is 4.09. The zero-order valence-corrected chi connectivity index (χ0v) is 18.1. The van der Waals surface area contributed by atoms with E-state index in [0.717, 1.165) is 5.56 Å². The maximum absolute atomic E-state index is 13.0. The minimum atomic E-state index is -2.77. The number of carbonyl (C=O) groups is 1. The Morgan fingerprint density at radius 2 is 1.97 bits per heavy atom. The third-order valence-corrected chi connectivity index (χ3v) is 5.71. The number of carboxylic acid groups (broad SMARTS) is 1. The molecule has 8 nitrogen and oxygen atoms in total. The number of nitrogens with zero attached hydrogens (tertiary/aromatic N) is 4. The van der Waals surface area contributed by atoms with Gasteiger partial charge in [0.1, 0.15) is 16.3 Å². The van der Waals surface area contributed by atoms with Crippen LogP contribution in [0, 0.1) is 0 Å². The van der Waals surface area contributed by atoms with Crippen LogP contribution in [-0.2, 0) is 6.54 Å². The van der Waals surface area contributed by atoms with Crippen LogP contribution in [0.2, 0.25) is 5.02 Å². The third-order valence-electron chi connectivity index (χ3n) is 5.36. The summed E-state index contributed by atoms with van der Waals surface area (Å²) in [6, 6.07) is 3.38. The molecule has 0 atom stereocenters. The number of benzene rings is 1. The third kappa shape index (κ3) is 3.40. The van der Waals surface area contributed by atoms with Crippen molar-refractivity contribution < 1.29 is 23.4 Å². The van der Waals surface area contributed by atoms with Crippen LogP contribution in [0.25, 0.3) is 22.4 Å². The van der Waals surface area contributed by atoms with Gasteiger partial charge in [-0.3, -0.25) is 9.47 Å². The Morgan fingerprint density at radius 1 is 1.25 bits per heavy atom. The second-order valence-corrected chi connectivity index (χ2v) is 7.95. The molecule has 3 aromatic rings. The molecule has 3 heterocycles. The maximum atomic E-state index is 13.0. The summed E-state index contributed by atoms with van der Waals surface area (Å²) in [5, 5.41) is 14.7. The molecule has 0 aliphatic carbocycles. The van der Waals surface area contributed by atoms with Crippen molar-refractivity contribution in [1.29, 1.82) is 0 Å². The first-order valence-electron chi connectivity index (χ1n) is 9.63. The van der Waals surface area contributed by atoms with Gasteiger partial charge in [-0.25, -0.2) is 9.48 Å². The molecule has 0 amide bonds. The Bertz CT molecular complexity index is 1290. The van der Waals surface area contributed by atoms with E-state index in [1.165, 1.54) is 25.7 Å². The minimum absolute atomic E-state index is 0.0748. The zero-order valence-electron chi connectivity index (χ0n) is 17.3. The molecule has 2 aromatic heterocycles.